The number of hydrogen-bond donors (Lipinski definition) is 0. The summed E-state index contributed by atoms with van der Waals surface area (Å²) in [6.07, 6.45) is 3.81. The standard InChI is InChI=1S/C48H27N5O/c49-27-29-19-22-43-35(24-29)34-12-3-7-17-42(34)53(43)31-25-39-47(51-28-31)46-38(14-9-23-50-46)48(39)36-13-4-8-18-44(36)54-45-26-30(20-21-37(45)48)52-40-15-5-1-10-32(40)33-11-2-6-16-41(33)52/h1-26,28H. The zero-order chi connectivity index (χ0) is 35.5. The average molecular weight is 690 g/mol. The van der Waals surface area contributed by atoms with Gasteiger partial charge in [0.25, 0.3) is 0 Å². The Hall–Kier alpha value is -7.49. The summed E-state index contributed by atoms with van der Waals surface area (Å²) < 4.78 is 11.5. The Balaban J connectivity index is 1.16. The molecule has 4 aromatic heterocycles. The Kier molecular flexibility index (Phi) is 5.68. The van der Waals surface area contributed by atoms with Gasteiger partial charge in [-0.1, -0.05) is 84.9 Å². The largest absolute Gasteiger partial charge is 0.457 e. The number of ether oxygens (including phenoxy) is 1. The van der Waals surface area contributed by atoms with E-state index in [2.05, 4.69) is 130 Å². The summed E-state index contributed by atoms with van der Waals surface area (Å²) in [6.45, 7) is 0. The third-order valence-corrected chi connectivity index (χ3v) is 11.5. The van der Waals surface area contributed by atoms with Crippen LogP contribution < -0.4 is 4.74 Å². The lowest BCUT2D eigenvalue weighted by Crippen LogP contribution is -2.32. The minimum atomic E-state index is -0.752. The molecule has 54 heavy (non-hydrogen) atoms. The predicted octanol–water partition coefficient (Wildman–Crippen LogP) is 11.0. The maximum absolute atomic E-state index is 9.77. The number of nitriles is 1. The van der Waals surface area contributed by atoms with Crippen LogP contribution in [0.2, 0.25) is 0 Å². The molecule has 0 radical (unpaired) electrons. The van der Waals surface area contributed by atoms with Gasteiger partial charge in [0.15, 0.2) is 0 Å². The van der Waals surface area contributed by atoms with Crippen LogP contribution in [0.5, 0.6) is 11.5 Å². The molecule has 10 aromatic rings. The molecule has 0 saturated heterocycles. The van der Waals surface area contributed by atoms with Crippen LogP contribution in [0.15, 0.2) is 164 Å². The molecule has 1 spiro atoms. The Labute approximate surface area is 309 Å². The Morgan fingerprint density at radius 2 is 1.09 bits per heavy atom. The topological polar surface area (TPSA) is 68.7 Å². The molecule has 5 heterocycles. The molecule has 1 aliphatic heterocycles. The first-order valence-corrected chi connectivity index (χ1v) is 18.0. The molecule has 0 saturated carbocycles. The van der Waals surface area contributed by atoms with Crippen LogP contribution >= 0.6 is 0 Å². The molecule has 0 fully saturated rings. The van der Waals surface area contributed by atoms with Crippen LogP contribution in [0, 0.1) is 11.3 Å². The fourth-order valence-electron chi connectivity index (χ4n) is 9.37. The van der Waals surface area contributed by atoms with Crippen molar-refractivity contribution < 1.29 is 4.74 Å². The van der Waals surface area contributed by atoms with Gasteiger partial charge in [-0.15, -0.1) is 0 Å². The number of benzene rings is 6. The van der Waals surface area contributed by atoms with E-state index >= 15 is 0 Å². The number of nitrogens with zero attached hydrogens (tertiary/aromatic N) is 5. The highest BCUT2D eigenvalue weighted by Crippen LogP contribution is 2.61. The van der Waals surface area contributed by atoms with Crippen molar-refractivity contribution in [3.63, 3.8) is 0 Å². The number of rotatable bonds is 2. The molecule has 1 aliphatic carbocycles. The number of fused-ring (bicyclic) bond motifs is 15. The third kappa shape index (κ3) is 3.62. The van der Waals surface area contributed by atoms with Crippen molar-refractivity contribution in [3.8, 4) is 40.3 Å². The van der Waals surface area contributed by atoms with Gasteiger partial charge in [-0.25, -0.2) is 0 Å². The van der Waals surface area contributed by atoms with Crippen molar-refractivity contribution in [1.29, 1.82) is 5.26 Å². The molecule has 6 aromatic carbocycles. The third-order valence-electron chi connectivity index (χ3n) is 11.5. The first-order valence-electron chi connectivity index (χ1n) is 18.0. The maximum atomic E-state index is 9.77. The second-order valence-corrected chi connectivity index (χ2v) is 14.1. The van der Waals surface area contributed by atoms with Gasteiger partial charge in [-0.3, -0.25) is 9.97 Å². The summed E-state index contributed by atoms with van der Waals surface area (Å²) in [5.41, 5.74) is 12.1. The zero-order valence-corrected chi connectivity index (χ0v) is 28.7. The van der Waals surface area contributed by atoms with Gasteiger partial charge in [-0.05, 0) is 66.2 Å². The van der Waals surface area contributed by atoms with Gasteiger partial charge in [0.2, 0.25) is 0 Å². The van der Waals surface area contributed by atoms with Crippen LogP contribution in [0.1, 0.15) is 27.8 Å². The Morgan fingerprint density at radius 3 is 1.85 bits per heavy atom. The molecule has 0 bridgehead atoms. The van der Waals surface area contributed by atoms with Gasteiger partial charge in [-0.2, -0.15) is 5.26 Å². The number of hydrogen-bond acceptors (Lipinski definition) is 4. The van der Waals surface area contributed by atoms with Gasteiger partial charge in [0, 0.05) is 56.2 Å². The van der Waals surface area contributed by atoms with E-state index in [1.807, 2.05) is 48.8 Å². The predicted molar refractivity (Wildman–Crippen MR) is 213 cm³/mol. The summed E-state index contributed by atoms with van der Waals surface area (Å²) in [6, 6.07) is 55.3. The van der Waals surface area contributed by atoms with Crippen molar-refractivity contribution >= 4 is 43.6 Å². The molecular formula is C48H27N5O. The van der Waals surface area contributed by atoms with Gasteiger partial charge < -0.3 is 13.9 Å². The van der Waals surface area contributed by atoms with Crippen LogP contribution in [0.4, 0.5) is 0 Å². The monoisotopic (exact) mass is 689 g/mol. The van der Waals surface area contributed by atoms with E-state index in [9.17, 15) is 5.26 Å². The Bertz CT molecular complexity index is 3240. The van der Waals surface area contributed by atoms with Crippen molar-refractivity contribution in [3.05, 3.63) is 192 Å². The van der Waals surface area contributed by atoms with E-state index < -0.39 is 5.41 Å². The average Bonchev–Trinajstić information content (AvgIpc) is 3.85. The molecule has 6 nitrogen and oxygen atoms in total. The first-order chi connectivity index (χ1) is 26.7. The quantitative estimate of drug-likeness (QED) is 0.181. The summed E-state index contributed by atoms with van der Waals surface area (Å²) in [7, 11) is 0. The fourth-order valence-corrected chi connectivity index (χ4v) is 9.37. The van der Waals surface area contributed by atoms with Crippen molar-refractivity contribution in [2.45, 2.75) is 5.41 Å². The maximum Gasteiger partial charge on any atom is 0.134 e. The molecule has 1 unspecified atom stereocenters. The van der Waals surface area contributed by atoms with Crippen LogP contribution in [0.3, 0.4) is 0 Å². The molecule has 1 atom stereocenters. The van der Waals surface area contributed by atoms with E-state index in [1.54, 1.807) is 0 Å². The van der Waals surface area contributed by atoms with Crippen LogP contribution in [-0.4, -0.2) is 19.1 Å². The van der Waals surface area contributed by atoms with Gasteiger partial charge in [0.1, 0.15) is 11.5 Å². The Morgan fingerprint density at radius 1 is 0.481 bits per heavy atom. The summed E-state index contributed by atoms with van der Waals surface area (Å²) >= 11 is 0. The fraction of sp³-hybridized carbons (Fsp3) is 0.0208. The van der Waals surface area contributed by atoms with Gasteiger partial charge in [0.05, 0.1) is 62.4 Å². The smallest absolute Gasteiger partial charge is 0.134 e. The molecule has 0 amide bonds. The van der Waals surface area contributed by atoms with Crippen molar-refractivity contribution in [1.82, 2.24) is 19.1 Å². The van der Waals surface area contributed by atoms with Gasteiger partial charge >= 0.3 is 0 Å². The molecule has 6 heteroatoms. The molecule has 250 valence electrons. The van der Waals surface area contributed by atoms with Crippen molar-refractivity contribution in [2.24, 2.45) is 0 Å². The molecule has 0 N–H and O–H groups in total. The first kappa shape index (κ1) is 29.1. The van der Waals surface area contributed by atoms with Crippen molar-refractivity contribution in [2.75, 3.05) is 0 Å². The normalized spacial score (nSPS) is 15.2. The minimum Gasteiger partial charge on any atom is -0.457 e. The van der Waals surface area contributed by atoms with Crippen LogP contribution in [0.25, 0.3) is 66.4 Å². The second kappa shape index (κ2) is 10.5. The van der Waals surface area contributed by atoms with E-state index in [4.69, 9.17) is 14.7 Å². The van der Waals surface area contributed by atoms with E-state index in [0.717, 1.165) is 89.4 Å². The number of pyridine rings is 2. The zero-order valence-electron chi connectivity index (χ0n) is 28.7. The summed E-state index contributed by atoms with van der Waals surface area (Å²) in [5, 5.41) is 14.3. The molecule has 12 rings (SSSR count). The molecule has 2 aliphatic rings. The summed E-state index contributed by atoms with van der Waals surface area (Å²) in [5.74, 6) is 1.60. The lowest BCUT2D eigenvalue weighted by Gasteiger charge is -2.39. The lowest BCUT2D eigenvalue weighted by molar-refractivity contribution is 0.436. The number of para-hydroxylation sites is 4. The second-order valence-electron chi connectivity index (χ2n) is 14.1. The van der Waals surface area contributed by atoms with Crippen LogP contribution in [-0.2, 0) is 5.41 Å². The van der Waals surface area contributed by atoms with E-state index in [-0.39, 0.29) is 0 Å². The molecular weight excluding hydrogens is 663 g/mol. The highest BCUT2D eigenvalue weighted by molar-refractivity contribution is 6.10. The summed E-state index contributed by atoms with van der Waals surface area (Å²) in [4.78, 5) is 10.2. The lowest BCUT2D eigenvalue weighted by atomic mass is 9.66. The minimum absolute atomic E-state index is 0.633. The number of aromatic nitrogens is 4. The highest BCUT2D eigenvalue weighted by Gasteiger charge is 2.52. The highest BCUT2D eigenvalue weighted by atomic mass is 16.5. The SMILES string of the molecule is N#Cc1ccc2c(c1)c1ccccc1n2-c1cnc2c(c1)C1(c3ccccc3Oc3cc(-n4c5ccccc5c5ccccc54)ccc31)c1cccnc1-2. The van der Waals surface area contributed by atoms with E-state index in [0.29, 0.717) is 5.56 Å². The van der Waals surface area contributed by atoms with E-state index in [1.165, 1.54) is 10.8 Å².